The average Bonchev–Trinajstić information content (AvgIpc) is 2.96. The van der Waals surface area contributed by atoms with Gasteiger partial charge in [0.15, 0.2) is 0 Å². The quantitative estimate of drug-likeness (QED) is 0.855. The van der Waals surface area contributed by atoms with Crippen LogP contribution in [0.5, 0.6) is 0 Å². The summed E-state index contributed by atoms with van der Waals surface area (Å²) in [5, 5.41) is 3.95. The van der Waals surface area contributed by atoms with Crippen LogP contribution in [0.1, 0.15) is 24.9 Å². The number of rotatable bonds is 6. The maximum atomic E-state index is 12.2. The van der Waals surface area contributed by atoms with Crippen molar-refractivity contribution in [1.29, 1.82) is 0 Å². The Morgan fingerprint density at radius 2 is 2.15 bits per heavy atom. The number of sulfonamides is 1. The zero-order valence-electron chi connectivity index (χ0n) is 11.9. The highest BCUT2D eigenvalue weighted by atomic mass is 32.2. The minimum Gasteiger partial charge on any atom is -0.334 e. The van der Waals surface area contributed by atoms with Gasteiger partial charge in [-0.15, -0.1) is 0 Å². The van der Waals surface area contributed by atoms with Gasteiger partial charge in [0.1, 0.15) is 10.7 Å². The third-order valence-electron chi connectivity index (χ3n) is 3.17. The van der Waals surface area contributed by atoms with Crippen molar-refractivity contribution in [2.24, 2.45) is 7.05 Å². The molecule has 0 bridgehead atoms. The molecule has 7 nitrogen and oxygen atoms in total. The maximum absolute atomic E-state index is 12.2. The van der Waals surface area contributed by atoms with E-state index in [0.717, 1.165) is 13.0 Å². The van der Waals surface area contributed by atoms with Crippen LogP contribution in [-0.4, -0.2) is 27.7 Å². The van der Waals surface area contributed by atoms with Gasteiger partial charge in [0.05, 0.1) is 18.4 Å². The first-order valence-electron chi connectivity index (χ1n) is 6.44. The molecule has 110 valence electrons. The van der Waals surface area contributed by atoms with E-state index in [1.165, 1.54) is 10.9 Å². The molecule has 0 spiro atoms. The minimum atomic E-state index is -3.56. The molecule has 0 amide bonds. The molecule has 2 aromatic heterocycles. The molecule has 1 N–H and O–H groups in total. The predicted octanol–water partition coefficient (Wildman–Crippen LogP) is 0.814. The molecule has 0 aliphatic rings. The summed E-state index contributed by atoms with van der Waals surface area (Å²) in [5.41, 5.74) is 0.606. The van der Waals surface area contributed by atoms with Crippen LogP contribution >= 0.6 is 0 Å². The molecule has 0 saturated carbocycles. The van der Waals surface area contributed by atoms with Crippen molar-refractivity contribution >= 4 is 10.0 Å². The van der Waals surface area contributed by atoms with Gasteiger partial charge in [0.25, 0.3) is 0 Å². The minimum absolute atomic E-state index is 0.170. The van der Waals surface area contributed by atoms with Crippen LogP contribution in [0.4, 0.5) is 0 Å². The first kappa shape index (κ1) is 14.7. The third kappa shape index (κ3) is 2.91. The Balaban J connectivity index is 2.13. The molecule has 0 saturated heterocycles. The fourth-order valence-electron chi connectivity index (χ4n) is 1.93. The van der Waals surface area contributed by atoms with Crippen LogP contribution in [0.25, 0.3) is 0 Å². The van der Waals surface area contributed by atoms with Gasteiger partial charge in [0, 0.05) is 26.0 Å². The number of hydrogen-bond donors (Lipinski definition) is 1. The molecule has 2 aromatic rings. The number of nitrogens with one attached hydrogen (secondary N) is 1. The number of nitrogens with zero attached hydrogens (tertiary/aromatic N) is 4. The van der Waals surface area contributed by atoms with Crippen LogP contribution < -0.4 is 4.72 Å². The van der Waals surface area contributed by atoms with Crippen molar-refractivity contribution in [2.45, 2.75) is 38.3 Å². The Kier molecular flexibility index (Phi) is 4.24. The van der Waals surface area contributed by atoms with Crippen molar-refractivity contribution in [2.75, 3.05) is 0 Å². The second-order valence-electron chi connectivity index (χ2n) is 4.58. The molecule has 0 atom stereocenters. The zero-order valence-corrected chi connectivity index (χ0v) is 12.7. The molecular weight excluding hydrogens is 278 g/mol. The fraction of sp³-hybridized carbons (Fsp3) is 0.500. The first-order valence-corrected chi connectivity index (χ1v) is 7.92. The Bertz CT molecular complexity index is 687. The summed E-state index contributed by atoms with van der Waals surface area (Å²) < 4.78 is 30.5. The van der Waals surface area contributed by atoms with Crippen LogP contribution in [0.3, 0.4) is 0 Å². The lowest BCUT2D eigenvalue weighted by atomic mass is 10.4. The summed E-state index contributed by atoms with van der Waals surface area (Å²) in [4.78, 5) is 4.38. The van der Waals surface area contributed by atoms with E-state index in [1.807, 2.05) is 10.8 Å². The lowest BCUT2D eigenvalue weighted by Crippen LogP contribution is -2.25. The largest absolute Gasteiger partial charge is 0.334 e. The van der Waals surface area contributed by atoms with Crippen LogP contribution in [0, 0.1) is 6.92 Å². The highest BCUT2D eigenvalue weighted by Gasteiger charge is 2.20. The Labute approximate surface area is 118 Å². The lowest BCUT2D eigenvalue weighted by Gasteiger charge is -2.08. The van der Waals surface area contributed by atoms with E-state index in [4.69, 9.17) is 0 Å². The van der Waals surface area contributed by atoms with E-state index in [1.54, 1.807) is 20.2 Å². The average molecular weight is 297 g/mol. The maximum Gasteiger partial charge on any atom is 0.244 e. The lowest BCUT2D eigenvalue weighted by molar-refractivity contribution is 0.571. The molecule has 8 heteroatoms. The summed E-state index contributed by atoms with van der Waals surface area (Å²) in [5.74, 6) is 0.706. The van der Waals surface area contributed by atoms with Crippen LogP contribution in [-0.2, 0) is 30.2 Å². The smallest absolute Gasteiger partial charge is 0.244 e. The van der Waals surface area contributed by atoms with Gasteiger partial charge in [-0.1, -0.05) is 6.92 Å². The second kappa shape index (κ2) is 5.76. The van der Waals surface area contributed by atoms with Gasteiger partial charge >= 0.3 is 0 Å². The number of hydrogen-bond acceptors (Lipinski definition) is 4. The van der Waals surface area contributed by atoms with Crippen molar-refractivity contribution in [1.82, 2.24) is 24.1 Å². The van der Waals surface area contributed by atoms with E-state index < -0.39 is 10.0 Å². The molecule has 20 heavy (non-hydrogen) atoms. The second-order valence-corrected chi connectivity index (χ2v) is 6.31. The van der Waals surface area contributed by atoms with Crippen molar-refractivity contribution in [3.8, 4) is 0 Å². The van der Waals surface area contributed by atoms with Crippen LogP contribution in [0.15, 0.2) is 23.5 Å². The van der Waals surface area contributed by atoms with Gasteiger partial charge in [-0.05, 0) is 13.3 Å². The summed E-state index contributed by atoms with van der Waals surface area (Å²) in [6.45, 7) is 4.78. The topological polar surface area (TPSA) is 81.8 Å². The van der Waals surface area contributed by atoms with E-state index >= 15 is 0 Å². The molecule has 0 unspecified atom stereocenters. The summed E-state index contributed by atoms with van der Waals surface area (Å²) in [7, 11) is -1.85. The van der Waals surface area contributed by atoms with Gasteiger partial charge in [0.2, 0.25) is 10.0 Å². The fourth-order valence-corrected chi connectivity index (χ4v) is 3.11. The normalized spacial score (nSPS) is 11.9. The molecule has 0 aromatic carbocycles. The SMILES string of the molecule is CCCn1ccnc1CNS(=O)(=O)c1cnn(C)c1C. The third-order valence-corrected chi connectivity index (χ3v) is 4.67. The van der Waals surface area contributed by atoms with E-state index in [9.17, 15) is 8.42 Å². The number of aryl methyl sites for hydroxylation is 2. The van der Waals surface area contributed by atoms with Crippen molar-refractivity contribution < 1.29 is 8.42 Å². The van der Waals surface area contributed by atoms with Crippen LogP contribution in [0.2, 0.25) is 0 Å². The predicted molar refractivity (Wildman–Crippen MR) is 74.5 cm³/mol. The molecule has 2 rings (SSSR count). The first-order chi connectivity index (χ1) is 9.45. The molecule has 0 fully saturated rings. The summed E-state index contributed by atoms with van der Waals surface area (Å²) >= 11 is 0. The number of aromatic nitrogens is 4. The van der Waals surface area contributed by atoms with E-state index in [-0.39, 0.29) is 11.4 Å². The van der Waals surface area contributed by atoms with Gasteiger partial charge in [-0.25, -0.2) is 18.1 Å². The van der Waals surface area contributed by atoms with Crippen molar-refractivity contribution in [3.05, 3.63) is 30.1 Å². The summed E-state index contributed by atoms with van der Waals surface area (Å²) in [6.07, 6.45) is 5.85. The Morgan fingerprint density at radius 3 is 2.75 bits per heavy atom. The highest BCUT2D eigenvalue weighted by molar-refractivity contribution is 7.89. The monoisotopic (exact) mass is 297 g/mol. The van der Waals surface area contributed by atoms with E-state index in [0.29, 0.717) is 11.5 Å². The van der Waals surface area contributed by atoms with Gasteiger partial charge in [-0.2, -0.15) is 5.10 Å². The molecule has 0 radical (unpaired) electrons. The Hall–Kier alpha value is -1.67. The molecule has 0 aliphatic carbocycles. The van der Waals surface area contributed by atoms with Gasteiger partial charge < -0.3 is 4.57 Å². The molecule has 2 heterocycles. The standard InChI is InChI=1S/C12H19N5O2S/c1-4-6-17-7-5-13-12(17)9-15-20(18,19)11-8-14-16(3)10(11)2/h5,7-8,15H,4,6,9H2,1-3H3. The van der Waals surface area contributed by atoms with E-state index in [2.05, 4.69) is 21.7 Å². The summed E-state index contributed by atoms with van der Waals surface area (Å²) in [6, 6.07) is 0. The molecule has 0 aliphatic heterocycles. The number of imidazole rings is 1. The highest BCUT2D eigenvalue weighted by Crippen LogP contribution is 2.13. The molecular formula is C12H19N5O2S. The Morgan fingerprint density at radius 1 is 1.40 bits per heavy atom. The van der Waals surface area contributed by atoms with Gasteiger partial charge in [-0.3, -0.25) is 4.68 Å². The zero-order chi connectivity index (χ0) is 14.8. The van der Waals surface area contributed by atoms with Crippen molar-refractivity contribution in [3.63, 3.8) is 0 Å².